The van der Waals surface area contributed by atoms with Crippen LogP contribution in [0.4, 0.5) is 0 Å². The number of nitrogens with two attached hydrogens (primary N) is 1. The topological polar surface area (TPSA) is 78.3 Å². The Kier molecular flexibility index (Phi) is 3.64. The molecule has 0 unspecified atom stereocenters. The van der Waals surface area contributed by atoms with E-state index in [2.05, 4.69) is 4.98 Å². The predicted molar refractivity (Wildman–Crippen MR) is 50.0 cm³/mol. The fourth-order valence-electron chi connectivity index (χ4n) is 1.13. The lowest BCUT2D eigenvalue weighted by molar-refractivity contribution is 0.0487. The molecule has 0 aliphatic heterocycles. The van der Waals surface area contributed by atoms with Gasteiger partial charge in [0.15, 0.2) is 5.89 Å². The van der Waals surface area contributed by atoms with Gasteiger partial charge in [-0.25, -0.2) is 9.78 Å². The molecule has 0 amide bonds. The van der Waals surface area contributed by atoms with Crippen LogP contribution < -0.4 is 5.73 Å². The number of esters is 1. The minimum Gasteiger partial charge on any atom is -0.460 e. The van der Waals surface area contributed by atoms with E-state index in [0.29, 0.717) is 31.2 Å². The summed E-state index contributed by atoms with van der Waals surface area (Å²) in [5, 5.41) is 0. The normalized spacial score (nSPS) is 10.2. The molecule has 14 heavy (non-hydrogen) atoms. The number of nitrogens with zero attached hydrogens (tertiary/aromatic N) is 1. The van der Waals surface area contributed by atoms with Crippen molar-refractivity contribution in [3.63, 3.8) is 0 Å². The standard InChI is InChI=1S/C9H14N2O3/c1-3-13-9(12)8-7(4-5-10)11-6(2)14-8/h3-5,10H2,1-2H3. The van der Waals surface area contributed by atoms with Crippen LogP contribution in [0, 0.1) is 6.92 Å². The average molecular weight is 198 g/mol. The lowest BCUT2D eigenvalue weighted by atomic mass is 10.2. The summed E-state index contributed by atoms with van der Waals surface area (Å²) in [5.74, 6) is 0.155. The molecule has 0 aliphatic carbocycles. The summed E-state index contributed by atoms with van der Waals surface area (Å²) in [5.41, 5.74) is 5.95. The number of carbonyl (C=O) groups excluding carboxylic acids is 1. The third kappa shape index (κ3) is 2.32. The van der Waals surface area contributed by atoms with Crippen LogP contribution in [0.1, 0.15) is 29.1 Å². The number of hydrogen-bond donors (Lipinski definition) is 1. The Bertz CT molecular complexity index is 320. The van der Waals surface area contributed by atoms with Gasteiger partial charge < -0.3 is 14.9 Å². The van der Waals surface area contributed by atoms with E-state index in [9.17, 15) is 4.79 Å². The van der Waals surface area contributed by atoms with Gasteiger partial charge in [0.05, 0.1) is 12.3 Å². The predicted octanol–water partition coefficient (Wildman–Crippen LogP) is 0.661. The molecule has 1 heterocycles. The molecule has 0 atom stereocenters. The molecule has 5 nitrogen and oxygen atoms in total. The van der Waals surface area contributed by atoms with Gasteiger partial charge in [-0.1, -0.05) is 0 Å². The van der Waals surface area contributed by atoms with Crippen LogP contribution in [0.2, 0.25) is 0 Å². The summed E-state index contributed by atoms with van der Waals surface area (Å²) in [6.45, 7) is 4.17. The summed E-state index contributed by atoms with van der Waals surface area (Å²) in [6, 6.07) is 0. The number of aryl methyl sites for hydroxylation is 1. The van der Waals surface area contributed by atoms with E-state index in [0.717, 1.165) is 0 Å². The first-order valence-corrected chi connectivity index (χ1v) is 4.52. The van der Waals surface area contributed by atoms with Gasteiger partial charge in [0, 0.05) is 13.3 Å². The highest BCUT2D eigenvalue weighted by Gasteiger charge is 2.18. The van der Waals surface area contributed by atoms with Crippen molar-refractivity contribution in [3.8, 4) is 0 Å². The van der Waals surface area contributed by atoms with E-state index in [1.807, 2.05) is 0 Å². The zero-order valence-corrected chi connectivity index (χ0v) is 8.37. The molecule has 0 spiro atoms. The van der Waals surface area contributed by atoms with E-state index in [1.54, 1.807) is 13.8 Å². The molecule has 1 aromatic rings. The van der Waals surface area contributed by atoms with Crippen molar-refractivity contribution in [2.75, 3.05) is 13.2 Å². The number of oxazole rings is 1. The van der Waals surface area contributed by atoms with E-state index in [4.69, 9.17) is 14.9 Å². The van der Waals surface area contributed by atoms with Gasteiger partial charge in [0.1, 0.15) is 0 Å². The first-order chi connectivity index (χ1) is 6.69. The minimum absolute atomic E-state index is 0.176. The molecule has 5 heteroatoms. The first kappa shape index (κ1) is 10.7. The monoisotopic (exact) mass is 198 g/mol. The van der Waals surface area contributed by atoms with Crippen molar-refractivity contribution in [1.82, 2.24) is 4.98 Å². The minimum atomic E-state index is -0.475. The Hall–Kier alpha value is -1.36. The second kappa shape index (κ2) is 4.76. The van der Waals surface area contributed by atoms with Crippen LogP contribution in [0.15, 0.2) is 4.42 Å². The quantitative estimate of drug-likeness (QED) is 0.719. The number of carbonyl (C=O) groups is 1. The highest BCUT2D eigenvalue weighted by atomic mass is 16.5. The molecule has 0 saturated heterocycles. The van der Waals surface area contributed by atoms with E-state index >= 15 is 0 Å². The summed E-state index contributed by atoms with van der Waals surface area (Å²) in [7, 11) is 0. The van der Waals surface area contributed by atoms with Gasteiger partial charge in [-0.05, 0) is 13.5 Å². The maximum Gasteiger partial charge on any atom is 0.376 e. The molecular weight excluding hydrogens is 184 g/mol. The van der Waals surface area contributed by atoms with Gasteiger partial charge in [-0.3, -0.25) is 0 Å². The zero-order valence-electron chi connectivity index (χ0n) is 8.37. The molecule has 78 valence electrons. The SMILES string of the molecule is CCOC(=O)c1oc(C)nc1CCN. The van der Waals surface area contributed by atoms with Crippen molar-refractivity contribution in [2.45, 2.75) is 20.3 Å². The smallest absolute Gasteiger partial charge is 0.376 e. The number of hydrogen-bond acceptors (Lipinski definition) is 5. The maximum absolute atomic E-state index is 11.4. The molecule has 0 radical (unpaired) electrons. The Labute approximate surface area is 82.2 Å². The third-order valence-electron chi connectivity index (χ3n) is 1.65. The third-order valence-corrected chi connectivity index (χ3v) is 1.65. The first-order valence-electron chi connectivity index (χ1n) is 4.52. The average Bonchev–Trinajstić information content (AvgIpc) is 2.48. The van der Waals surface area contributed by atoms with Crippen molar-refractivity contribution in [1.29, 1.82) is 0 Å². The Morgan fingerprint density at radius 3 is 2.93 bits per heavy atom. The van der Waals surface area contributed by atoms with Crippen LogP contribution in [-0.4, -0.2) is 24.1 Å². The largest absolute Gasteiger partial charge is 0.460 e. The molecule has 1 rings (SSSR count). The maximum atomic E-state index is 11.4. The summed E-state index contributed by atoms with van der Waals surface area (Å²) < 4.78 is 9.96. The van der Waals surface area contributed by atoms with E-state index in [1.165, 1.54) is 0 Å². The summed E-state index contributed by atoms with van der Waals surface area (Å²) in [4.78, 5) is 15.4. The molecule has 0 aromatic carbocycles. The van der Waals surface area contributed by atoms with Crippen LogP contribution in [0.3, 0.4) is 0 Å². The van der Waals surface area contributed by atoms with Crippen LogP contribution >= 0.6 is 0 Å². The highest BCUT2D eigenvalue weighted by Crippen LogP contribution is 2.12. The molecule has 1 aromatic heterocycles. The lowest BCUT2D eigenvalue weighted by Gasteiger charge is -1.99. The van der Waals surface area contributed by atoms with Crippen LogP contribution in [0.5, 0.6) is 0 Å². The molecule has 2 N–H and O–H groups in total. The molecule has 0 aliphatic rings. The van der Waals surface area contributed by atoms with Gasteiger partial charge in [0.25, 0.3) is 0 Å². The van der Waals surface area contributed by atoms with E-state index < -0.39 is 5.97 Å². The number of aromatic nitrogens is 1. The highest BCUT2D eigenvalue weighted by molar-refractivity contribution is 5.87. The molecule has 0 fully saturated rings. The molecule has 0 bridgehead atoms. The van der Waals surface area contributed by atoms with Gasteiger partial charge in [0.2, 0.25) is 5.76 Å². The van der Waals surface area contributed by atoms with E-state index in [-0.39, 0.29) is 5.76 Å². The van der Waals surface area contributed by atoms with Crippen molar-refractivity contribution in [2.24, 2.45) is 5.73 Å². The molecule has 0 saturated carbocycles. The fraction of sp³-hybridized carbons (Fsp3) is 0.556. The van der Waals surface area contributed by atoms with Gasteiger partial charge in [-0.2, -0.15) is 0 Å². The van der Waals surface area contributed by atoms with Gasteiger partial charge in [-0.15, -0.1) is 0 Å². The second-order valence-corrected chi connectivity index (χ2v) is 2.77. The lowest BCUT2D eigenvalue weighted by Crippen LogP contribution is -2.10. The fourth-order valence-corrected chi connectivity index (χ4v) is 1.13. The van der Waals surface area contributed by atoms with Crippen LogP contribution in [0.25, 0.3) is 0 Å². The summed E-state index contributed by atoms with van der Waals surface area (Å²) >= 11 is 0. The van der Waals surface area contributed by atoms with Crippen molar-refractivity contribution >= 4 is 5.97 Å². The Morgan fingerprint density at radius 2 is 2.36 bits per heavy atom. The number of ether oxygens (including phenoxy) is 1. The van der Waals surface area contributed by atoms with Crippen molar-refractivity contribution < 1.29 is 13.9 Å². The Morgan fingerprint density at radius 1 is 1.64 bits per heavy atom. The number of rotatable bonds is 4. The van der Waals surface area contributed by atoms with Crippen molar-refractivity contribution in [3.05, 3.63) is 17.3 Å². The second-order valence-electron chi connectivity index (χ2n) is 2.77. The summed E-state index contributed by atoms with van der Waals surface area (Å²) in [6.07, 6.45) is 0.519. The van der Waals surface area contributed by atoms with Gasteiger partial charge >= 0.3 is 5.97 Å². The Balaban J connectivity index is 2.88. The molecular formula is C9H14N2O3. The zero-order chi connectivity index (χ0) is 10.6. The van der Waals surface area contributed by atoms with Crippen LogP contribution in [-0.2, 0) is 11.2 Å².